The molecule has 0 heterocycles. The Morgan fingerprint density at radius 1 is 1.05 bits per heavy atom. The van der Waals surface area contributed by atoms with Crippen LogP contribution < -0.4 is 10.1 Å². The molecule has 1 fully saturated rings. The number of ether oxygens (including phenoxy) is 1. The van der Waals surface area contributed by atoms with Gasteiger partial charge in [-0.1, -0.05) is 49.2 Å². The maximum atomic E-state index is 12.6. The fourth-order valence-corrected chi connectivity index (χ4v) is 3.03. The zero-order chi connectivity index (χ0) is 15.4. The van der Waals surface area contributed by atoms with Crippen molar-refractivity contribution in [3.63, 3.8) is 0 Å². The minimum atomic E-state index is -0.0402. The summed E-state index contributed by atoms with van der Waals surface area (Å²) in [6.45, 7) is 0. The van der Waals surface area contributed by atoms with Gasteiger partial charge in [-0.05, 0) is 36.1 Å². The maximum Gasteiger partial charge on any atom is 0.255 e. The van der Waals surface area contributed by atoms with Crippen molar-refractivity contribution >= 4 is 5.91 Å². The van der Waals surface area contributed by atoms with E-state index in [9.17, 15) is 4.79 Å². The van der Waals surface area contributed by atoms with Crippen LogP contribution in [0.2, 0.25) is 0 Å². The molecule has 2 aromatic rings. The van der Waals surface area contributed by atoms with Gasteiger partial charge in [-0.25, -0.2) is 0 Å². The SMILES string of the molecule is COc1ccc(-c2ccccc2)cc1C(=O)NC1CCCC1. The average Bonchev–Trinajstić information content (AvgIpc) is 3.08. The Kier molecular flexibility index (Phi) is 4.42. The number of carbonyl (C=O) groups excluding carboxylic acids is 1. The molecule has 0 aliphatic heterocycles. The van der Waals surface area contributed by atoms with Gasteiger partial charge in [0.1, 0.15) is 5.75 Å². The molecule has 0 saturated heterocycles. The highest BCUT2D eigenvalue weighted by Crippen LogP contribution is 2.27. The van der Waals surface area contributed by atoms with E-state index in [4.69, 9.17) is 4.74 Å². The molecule has 0 atom stereocenters. The molecule has 2 aromatic carbocycles. The van der Waals surface area contributed by atoms with Crippen LogP contribution in [0.3, 0.4) is 0 Å². The summed E-state index contributed by atoms with van der Waals surface area (Å²) in [6, 6.07) is 16.1. The van der Waals surface area contributed by atoms with Gasteiger partial charge in [0.05, 0.1) is 12.7 Å². The van der Waals surface area contributed by atoms with E-state index in [1.165, 1.54) is 12.8 Å². The lowest BCUT2D eigenvalue weighted by Crippen LogP contribution is -2.32. The van der Waals surface area contributed by atoms with Crippen molar-refractivity contribution in [2.45, 2.75) is 31.7 Å². The molecule has 1 aliphatic carbocycles. The summed E-state index contributed by atoms with van der Waals surface area (Å²) in [5.41, 5.74) is 2.73. The molecule has 1 aliphatic rings. The minimum Gasteiger partial charge on any atom is -0.496 e. The highest BCUT2D eigenvalue weighted by molar-refractivity contribution is 5.98. The molecule has 114 valence electrons. The highest BCUT2D eigenvalue weighted by Gasteiger charge is 2.20. The van der Waals surface area contributed by atoms with Crippen LogP contribution in [0, 0.1) is 0 Å². The third kappa shape index (κ3) is 3.14. The quantitative estimate of drug-likeness (QED) is 0.924. The number of benzene rings is 2. The van der Waals surface area contributed by atoms with Gasteiger partial charge in [0.25, 0.3) is 5.91 Å². The normalized spacial score (nSPS) is 14.8. The predicted molar refractivity (Wildman–Crippen MR) is 88.2 cm³/mol. The Balaban J connectivity index is 1.89. The molecule has 22 heavy (non-hydrogen) atoms. The van der Waals surface area contributed by atoms with Crippen LogP contribution in [0.25, 0.3) is 11.1 Å². The van der Waals surface area contributed by atoms with Crippen molar-refractivity contribution in [2.24, 2.45) is 0 Å². The number of amides is 1. The number of nitrogens with one attached hydrogen (secondary N) is 1. The fourth-order valence-electron chi connectivity index (χ4n) is 3.03. The first-order valence-corrected chi connectivity index (χ1v) is 7.82. The van der Waals surface area contributed by atoms with E-state index >= 15 is 0 Å². The van der Waals surface area contributed by atoms with E-state index in [0.717, 1.165) is 24.0 Å². The molecular weight excluding hydrogens is 274 g/mol. The van der Waals surface area contributed by atoms with E-state index in [2.05, 4.69) is 5.32 Å². The first-order valence-electron chi connectivity index (χ1n) is 7.82. The number of hydrogen-bond donors (Lipinski definition) is 1. The van der Waals surface area contributed by atoms with Crippen LogP contribution in [-0.4, -0.2) is 19.1 Å². The molecule has 1 saturated carbocycles. The Bertz CT molecular complexity index is 646. The monoisotopic (exact) mass is 295 g/mol. The summed E-state index contributed by atoms with van der Waals surface area (Å²) in [5, 5.41) is 3.13. The van der Waals surface area contributed by atoms with Crippen molar-refractivity contribution in [3.8, 4) is 16.9 Å². The van der Waals surface area contributed by atoms with Crippen molar-refractivity contribution < 1.29 is 9.53 Å². The van der Waals surface area contributed by atoms with E-state index in [-0.39, 0.29) is 5.91 Å². The molecule has 0 unspecified atom stereocenters. The second kappa shape index (κ2) is 6.65. The molecular formula is C19H21NO2. The van der Waals surface area contributed by atoms with Crippen LogP contribution in [0.5, 0.6) is 5.75 Å². The van der Waals surface area contributed by atoms with Crippen LogP contribution in [-0.2, 0) is 0 Å². The van der Waals surface area contributed by atoms with Crippen molar-refractivity contribution in [1.82, 2.24) is 5.32 Å². The number of hydrogen-bond acceptors (Lipinski definition) is 2. The maximum absolute atomic E-state index is 12.6. The van der Waals surface area contributed by atoms with Gasteiger partial charge in [-0.2, -0.15) is 0 Å². The van der Waals surface area contributed by atoms with Gasteiger partial charge < -0.3 is 10.1 Å². The molecule has 3 nitrogen and oxygen atoms in total. The summed E-state index contributed by atoms with van der Waals surface area (Å²) < 4.78 is 5.36. The van der Waals surface area contributed by atoms with Gasteiger partial charge in [0.2, 0.25) is 0 Å². The van der Waals surface area contributed by atoms with Gasteiger partial charge in [0.15, 0.2) is 0 Å². The topological polar surface area (TPSA) is 38.3 Å². The summed E-state index contributed by atoms with van der Waals surface area (Å²) in [7, 11) is 1.60. The lowest BCUT2D eigenvalue weighted by atomic mass is 10.0. The molecule has 3 rings (SSSR count). The highest BCUT2D eigenvalue weighted by atomic mass is 16.5. The standard InChI is InChI=1S/C19H21NO2/c1-22-18-12-11-15(14-7-3-2-4-8-14)13-17(18)19(21)20-16-9-5-6-10-16/h2-4,7-8,11-13,16H,5-6,9-10H2,1H3,(H,20,21). The Hall–Kier alpha value is -2.29. The molecule has 0 aromatic heterocycles. The summed E-state index contributed by atoms with van der Waals surface area (Å²) in [5.74, 6) is 0.580. The Morgan fingerprint density at radius 2 is 1.77 bits per heavy atom. The lowest BCUT2D eigenvalue weighted by molar-refractivity contribution is 0.0935. The third-order valence-electron chi connectivity index (χ3n) is 4.24. The molecule has 1 N–H and O–H groups in total. The van der Waals surface area contributed by atoms with E-state index in [0.29, 0.717) is 17.4 Å². The van der Waals surface area contributed by atoms with Gasteiger partial charge in [-0.15, -0.1) is 0 Å². The smallest absolute Gasteiger partial charge is 0.255 e. The Morgan fingerprint density at radius 3 is 2.45 bits per heavy atom. The molecule has 0 radical (unpaired) electrons. The molecule has 3 heteroatoms. The predicted octanol–water partition coefficient (Wildman–Crippen LogP) is 4.03. The molecule has 1 amide bonds. The first kappa shape index (κ1) is 14.6. The van der Waals surface area contributed by atoms with Gasteiger partial charge in [0, 0.05) is 6.04 Å². The summed E-state index contributed by atoms with van der Waals surface area (Å²) in [4.78, 5) is 12.6. The van der Waals surface area contributed by atoms with Crippen LogP contribution in [0.1, 0.15) is 36.0 Å². The van der Waals surface area contributed by atoms with Gasteiger partial charge in [-0.3, -0.25) is 4.79 Å². The number of carbonyl (C=O) groups is 1. The largest absolute Gasteiger partial charge is 0.496 e. The van der Waals surface area contributed by atoms with Crippen molar-refractivity contribution in [2.75, 3.05) is 7.11 Å². The van der Waals surface area contributed by atoms with Crippen LogP contribution in [0.4, 0.5) is 0 Å². The first-order chi connectivity index (χ1) is 10.8. The Labute approximate surface area is 131 Å². The number of methoxy groups -OCH3 is 1. The average molecular weight is 295 g/mol. The molecule has 0 bridgehead atoms. The minimum absolute atomic E-state index is 0.0402. The number of rotatable bonds is 4. The van der Waals surface area contributed by atoms with E-state index < -0.39 is 0 Å². The zero-order valence-corrected chi connectivity index (χ0v) is 12.8. The summed E-state index contributed by atoms with van der Waals surface area (Å²) >= 11 is 0. The van der Waals surface area contributed by atoms with Gasteiger partial charge >= 0.3 is 0 Å². The van der Waals surface area contributed by atoms with Crippen molar-refractivity contribution in [3.05, 3.63) is 54.1 Å². The van der Waals surface area contributed by atoms with E-state index in [1.54, 1.807) is 7.11 Å². The lowest BCUT2D eigenvalue weighted by Gasteiger charge is -2.15. The van der Waals surface area contributed by atoms with Crippen LogP contribution in [0.15, 0.2) is 48.5 Å². The second-order valence-corrected chi connectivity index (χ2v) is 5.74. The second-order valence-electron chi connectivity index (χ2n) is 5.74. The summed E-state index contributed by atoms with van der Waals surface area (Å²) in [6.07, 6.45) is 4.55. The van der Waals surface area contributed by atoms with Crippen LogP contribution >= 0.6 is 0 Å². The zero-order valence-electron chi connectivity index (χ0n) is 12.8. The third-order valence-corrected chi connectivity index (χ3v) is 4.24. The van der Waals surface area contributed by atoms with E-state index in [1.807, 2.05) is 48.5 Å². The fraction of sp³-hybridized carbons (Fsp3) is 0.316. The van der Waals surface area contributed by atoms with Crippen molar-refractivity contribution in [1.29, 1.82) is 0 Å². The molecule has 0 spiro atoms.